The summed E-state index contributed by atoms with van der Waals surface area (Å²) < 4.78 is 10.3. The highest BCUT2D eigenvalue weighted by Crippen LogP contribution is 2.28. The number of hydrogen-bond donors (Lipinski definition) is 2. The summed E-state index contributed by atoms with van der Waals surface area (Å²) >= 11 is 0. The number of rotatable bonds is 9. The molecule has 0 amide bonds. The van der Waals surface area contributed by atoms with Crippen molar-refractivity contribution in [3.8, 4) is 5.75 Å². The van der Waals surface area contributed by atoms with Gasteiger partial charge in [-0.2, -0.15) is 0 Å². The second-order valence-electron chi connectivity index (χ2n) is 3.80. The Morgan fingerprint density at radius 2 is 1.78 bits per heavy atom. The molecule has 0 spiro atoms. The van der Waals surface area contributed by atoms with Gasteiger partial charge in [-0.15, -0.1) is 0 Å². The minimum Gasteiger partial charge on any atom is -0.490 e. The molecule has 6 heteroatoms. The fourth-order valence-corrected chi connectivity index (χ4v) is 1.49. The number of aromatic nitrogens is 2. The van der Waals surface area contributed by atoms with E-state index in [1.165, 1.54) is 6.33 Å². The summed E-state index contributed by atoms with van der Waals surface area (Å²) in [5, 5.41) is 6.43. The van der Waals surface area contributed by atoms with Crippen LogP contribution in [0.4, 0.5) is 11.6 Å². The van der Waals surface area contributed by atoms with Crippen LogP contribution in [0.25, 0.3) is 0 Å². The molecule has 1 aromatic rings. The molecule has 0 aliphatic carbocycles. The van der Waals surface area contributed by atoms with E-state index in [0.717, 1.165) is 38.4 Å². The van der Waals surface area contributed by atoms with Crippen LogP contribution in [-0.2, 0) is 4.74 Å². The molecule has 1 heterocycles. The third kappa shape index (κ3) is 4.37. The summed E-state index contributed by atoms with van der Waals surface area (Å²) in [6.07, 6.45) is 3.48. The van der Waals surface area contributed by atoms with Crippen molar-refractivity contribution < 1.29 is 9.47 Å². The zero-order valence-corrected chi connectivity index (χ0v) is 11.3. The lowest BCUT2D eigenvalue weighted by atomic mass is 10.4. The Bertz CT molecular complexity index is 347. The zero-order valence-electron chi connectivity index (χ0n) is 11.3. The molecule has 0 unspecified atom stereocenters. The van der Waals surface area contributed by atoms with Gasteiger partial charge in [0.05, 0.1) is 7.11 Å². The van der Waals surface area contributed by atoms with Gasteiger partial charge in [-0.3, -0.25) is 0 Å². The van der Waals surface area contributed by atoms with E-state index in [-0.39, 0.29) is 0 Å². The SMILES string of the molecule is CCCNc1ncnc(NCCCOC)c1OC. The van der Waals surface area contributed by atoms with Crippen LogP contribution in [-0.4, -0.2) is 43.9 Å². The molecule has 2 N–H and O–H groups in total. The van der Waals surface area contributed by atoms with Gasteiger partial charge < -0.3 is 20.1 Å². The lowest BCUT2D eigenvalue weighted by Crippen LogP contribution is -2.10. The lowest BCUT2D eigenvalue weighted by Gasteiger charge is -2.13. The zero-order chi connectivity index (χ0) is 13.2. The van der Waals surface area contributed by atoms with Crippen LogP contribution in [0, 0.1) is 0 Å². The number of anilines is 2. The first kappa shape index (κ1) is 14.5. The number of nitrogens with one attached hydrogen (secondary N) is 2. The van der Waals surface area contributed by atoms with Gasteiger partial charge in [0.1, 0.15) is 6.33 Å². The van der Waals surface area contributed by atoms with Gasteiger partial charge in [-0.1, -0.05) is 6.92 Å². The normalized spacial score (nSPS) is 10.2. The average molecular weight is 254 g/mol. The van der Waals surface area contributed by atoms with Crippen LogP contribution in [0.3, 0.4) is 0 Å². The van der Waals surface area contributed by atoms with Crippen molar-refractivity contribution in [2.75, 3.05) is 44.5 Å². The van der Waals surface area contributed by atoms with Crippen molar-refractivity contribution in [2.24, 2.45) is 0 Å². The van der Waals surface area contributed by atoms with Crippen molar-refractivity contribution in [3.63, 3.8) is 0 Å². The van der Waals surface area contributed by atoms with Gasteiger partial charge in [-0.05, 0) is 12.8 Å². The molecule has 0 aliphatic rings. The second kappa shape index (κ2) is 8.52. The van der Waals surface area contributed by atoms with Gasteiger partial charge in [0.2, 0.25) is 5.75 Å². The molecule has 102 valence electrons. The predicted molar refractivity (Wildman–Crippen MR) is 72.3 cm³/mol. The Morgan fingerprint density at radius 1 is 1.11 bits per heavy atom. The molecule has 0 radical (unpaired) electrons. The molecular weight excluding hydrogens is 232 g/mol. The van der Waals surface area contributed by atoms with Crippen LogP contribution >= 0.6 is 0 Å². The molecule has 18 heavy (non-hydrogen) atoms. The summed E-state index contributed by atoms with van der Waals surface area (Å²) in [5.74, 6) is 2.09. The van der Waals surface area contributed by atoms with Crippen LogP contribution in [0.15, 0.2) is 6.33 Å². The van der Waals surface area contributed by atoms with Gasteiger partial charge in [0.15, 0.2) is 11.6 Å². The first-order valence-electron chi connectivity index (χ1n) is 6.19. The van der Waals surface area contributed by atoms with Crippen molar-refractivity contribution in [1.82, 2.24) is 9.97 Å². The Balaban J connectivity index is 2.65. The molecule has 6 nitrogen and oxygen atoms in total. The van der Waals surface area contributed by atoms with E-state index < -0.39 is 0 Å². The van der Waals surface area contributed by atoms with Gasteiger partial charge in [-0.25, -0.2) is 9.97 Å². The first-order chi connectivity index (χ1) is 8.83. The largest absolute Gasteiger partial charge is 0.490 e. The third-order valence-electron chi connectivity index (χ3n) is 2.37. The Labute approximate surface area is 108 Å². The van der Waals surface area contributed by atoms with E-state index in [2.05, 4.69) is 27.5 Å². The molecule has 0 saturated carbocycles. The molecular formula is C12H22N4O2. The van der Waals surface area contributed by atoms with E-state index in [4.69, 9.17) is 9.47 Å². The highest BCUT2D eigenvalue weighted by atomic mass is 16.5. The number of methoxy groups -OCH3 is 2. The van der Waals surface area contributed by atoms with Crippen LogP contribution in [0.2, 0.25) is 0 Å². The summed E-state index contributed by atoms with van der Waals surface area (Å²) in [5.41, 5.74) is 0. The monoisotopic (exact) mass is 254 g/mol. The molecule has 0 aliphatic heterocycles. The summed E-state index contributed by atoms with van der Waals surface area (Å²) in [4.78, 5) is 8.37. The highest BCUT2D eigenvalue weighted by molar-refractivity contribution is 5.63. The highest BCUT2D eigenvalue weighted by Gasteiger charge is 2.10. The van der Waals surface area contributed by atoms with Gasteiger partial charge >= 0.3 is 0 Å². The van der Waals surface area contributed by atoms with E-state index >= 15 is 0 Å². The van der Waals surface area contributed by atoms with Crippen molar-refractivity contribution in [3.05, 3.63) is 6.33 Å². The maximum Gasteiger partial charge on any atom is 0.204 e. The quantitative estimate of drug-likeness (QED) is 0.654. The molecule has 0 aromatic carbocycles. The number of hydrogen-bond acceptors (Lipinski definition) is 6. The number of nitrogens with zero attached hydrogens (tertiary/aromatic N) is 2. The van der Waals surface area contributed by atoms with Gasteiger partial charge in [0, 0.05) is 26.8 Å². The third-order valence-corrected chi connectivity index (χ3v) is 2.37. The Morgan fingerprint density at radius 3 is 2.33 bits per heavy atom. The minimum atomic E-state index is 0.656. The molecule has 0 fully saturated rings. The van der Waals surface area contributed by atoms with Crippen molar-refractivity contribution >= 4 is 11.6 Å². The summed E-state index contributed by atoms with van der Waals surface area (Å²) in [6.45, 7) is 4.47. The predicted octanol–water partition coefficient (Wildman–Crippen LogP) is 1.76. The second-order valence-corrected chi connectivity index (χ2v) is 3.80. The summed E-state index contributed by atoms with van der Waals surface area (Å²) in [6, 6.07) is 0. The Hall–Kier alpha value is -1.56. The fraction of sp³-hybridized carbons (Fsp3) is 0.667. The average Bonchev–Trinajstić information content (AvgIpc) is 2.41. The van der Waals surface area contributed by atoms with E-state index in [1.54, 1.807) is 14.2 Å². The van der Waals surface area contributed by atoms with Crippen LogP contribution < -0.4 is 15.4 Å². The number of ether oxygens (including phenoxy) is 2. The fourth-order valence-electron chi connectivity index (χ4n) is 1.49. The van der Waals surface area contributed by atoms with E-state index in [1.807, 2.05) is 0 Å². The molecule has 0 saturated heterocycles. The molecule has 1 rings (SSSR count). The molecule has 0 atom stereocenters. The topological polar surface area (TPSA) is 68.3 Å². The Kier molecular flexibility index (Phi) is 6.86. The first-order valence-corrected chi connectivity index (χ1v) is 6.19. The van der Waals surface area contributed by atoms with E-state index in [9.17, 15) is 0 Å². The molecule has 1 aromatic heterocycles. The van der Waals surface area contributed by atoms with Crippen molar-refractivity contribution in [2.45, 2.75) is 19.8 Å². The summed E-state index contributed by atoms with van der Waals surface area (Å²) in [7, 11) is 3.31. The lowest BCUT2D eigenvalue weighted by molar-refractivity contribution is 0.197. The van der Waals surface area contributed by atoms with Gasteiger partial charge in [0.25, 0.3) is 0 Å². The van der Waals surface area contributed by atoms with E-state index in [0.29, 0.717) is 11.6 Å². The smallest absolute Gasteiger partial charge is 0.204 e. The standard InChI is InChI=1S/C12H22N4O2/c1-4-6-13-11-10(18-3)12(16-9-15-11)14-7-5-8-17-2/h9H,4-8H2,1-3H3,(H2,13,14,15,16). The molecule has 0 bridgehead atoms. The van der Waals surface area contributed by atoms with Crippen LogP contribution in [0.5, 0.6) is 5.75 Å². The van der Waals surface area contributed by atoms with Crippen molar-refractivity contribution in [1.29, 1.82) is 0 Å². The minimum absolute atomic E-state index is 0.656. The van der Waals surface area contributed by atoms with Crippen LogP contribution in [0.1, 0.15) is 19.8 Å². The maximum absolute atomic E-state index is 5.35. The maximum atomic E-state index is 5.35.